The lowest BCUT2D eigenvalue weighted by atomic mass is 9.95. The second kappa shape index (κ2) is 4.00. The monoisotopic (exact) mass is 331 g/mol. The molecular formula is C12H14INO2. The minimum atomic E-state index is -0.703. The van der Waals surface area contributed by atoms with Gasteiger partial charge in [-0.1, -0.05) is 6.07 Å². The van der Waals surface area contributed by atoms with E-state index in [0.717, 1.165) is 14.7 Å². The average molecular weight is 331 g/mol. The molecule has 86 valence electrons. The summed E-state index contributed by atoms with van der Waals surface area (Å²) in [6.07, 6.45) is 0. The van der Waals surface area contributed by atoms with Crippen LogP contribution in [0.5, 0.6) is 0 Å². The Labute approximate surface area is 109 Å². The first kappa shape index (κ1) is 11.9. The lowest BCUT2D eigenvalue weighted by Crippen LogP contribution is -2.61. The van der Waals surface area contributed by atoms with Crippen molar-refractivity contribution in [1.82, 2.24) is 4.90 Å². The van der Waals surface area contributed by atoms with E-state index in [1.165, 1.54) is 0 Å². The number of carbonyl (C=O) groups excluding carboxylic acids is 1. The number of hydrogen-bond acceptors (Lipinski definition) is 2. The fourth-order valence-corrected chi connectivity index (χ4v) is 2.41. The third-order valence-electron chi connectivity index (χ3n) is 2.78. The van der Waals surface area contributed by atoms with Crippen LogP contribution in [0.2, 0.25) is 0 Å². The smallest absolute Gasteiger partial charge is 0.254 e. The van der Waals surface area contributed by atoms with Gasteiger partial charge in [-0.2, -0.15) is 0 Å². The van der Waals surface area contributed by atoms with Gasteiger partial charge in [0.05, 0.1) is 18.7 Å². The number of halogens is 1. The zero-order valence-corrected chi connectivity index (χ0v) is 11.5. The minimum Gasteiger partial charge on any atom is -0.386 e. The van der Waals surface area contributed by atoms with E-state index < -0.39 is 5.60 Å². The van der Waals surface area contributed by atoms with Gasteiger partial charge in [-0.25, -0.2) is 0 Å². The first-order valence-electron chi connectivity index (χ1n) is 5.17. The topological polar surface area (TPSA) is 40.5 Å². The first-order valence-corrected chi connectivity index (χ1v) is 6.25. The van der Waals surface area contributed by atoms with Crippen molar-refractivity contribution in [2.24, 2.45) is 0 Å². The van der Waals surface area contributed by atoms with Crippen molar-refractivity contribution < 1.29 is 9.90 Å². The van der Waals surface area contributed by atoms with Gasteiger partial charge in [0, 0.05) is 9.13 Å². The number of benzene rings is 1. The highest BCUT2D eigenvalue weighted by Crippen LogP contribution is 2.24. The fourth-order valence-electron chi connectivity index (χ4n) is 1.91. The van der Waals surface area contributed by atoms with Crippen LogP contribution >= 0.6 is 22.6 Å². The van der Waals surface area contributed by atoms with Crippen LogP contribution < -0.4 is 0 Å². The summed E-state index contributed by atoms with van der Waals surface area (Å²) in [7, 11) is 0. The van der Waals surface area contributed by atoms with Gasteiger partial charge in [0.25, 0.3) is 5.91 Å². The average Bonchev–Trinajstić information content (AvgIpc) is 2.17. The molecule has 16 heavy (non-hydrogen) atoms. The third-order valence-corrected chi connectivity index (χ3v) is 3.45. The summed E-state index contributed by atoms with van der Waals surface area (Å²) >= 11 is 2.20. The number of likely N-dealkylation sites (tertiary alicyclic amines) is 1. The fraction of sp³-hybridized carbons (Fsp3) is 0.417. The van der Waals surface area contributed by atoms with Crippen LogP contribution in [0.1, 0.15) is 22.8 Å². The van der Waals surface area contributed by atoms with E-state index in [0.29, 0.717) is 13.1 Å². The Morgan fingerprint density at radius 2 is 2.12 bits per heavy atom. The zero-order valence-electron chi connectivity index (χ0n) is 9.33. The summed E-state index contributed by atoms with van der Waals surface area (Å²) in [6, 6.07) is 5.83. The molecule has 0 spiro atoms. The number of hydrogen-bond donors (Lipinski definition) is 1. The lowest BCUT2D eigenvalue weighted by Gasteiger charge is -2.44. The van der Waals surface area contributed by atoms with Crippen molar-refractivity contribution in [3.05, 3.63) is 32.9 Å². The summed E-state index contributed by atoms with van der Waals surface area (Å²) in [4.78, 5) is 13.8. The molecule has 1 amide bonds. The molecule has 2 rings (SSSR count). The maximum absolute atomic E-state index is 12.1. The minimum absolute atomic E-state index is 0.0162. The second-order valence-corrected chi connectivity index (χ2v) is 5.86. The summed E-state index contributed by atoms with van der Waals surface area (Å²) in [5, 5.41) is 9.61. The van der Waals surface area contributed by atoms with E-state index in [-0.39, 0.29) is 5.91 Å². The van der Waals surface area contributed by atoms with Crippen molar-refractivity contribution in [2.45, 2.75) is 19.4 Å². The van der Waals surface area contributed by atoms with Crippen molar-refractivity contribution >= 4 is 28.5 Å². The number of aryl methyl sites for hydroxylation is 1. The highest BCUT2D eigenvalue weighted by atomic mass is 127. The molecule has 1 aliphatic rings. The molecule has 0 saturated carbocycles. The molecule has 1 aromatic rings. The number of aliphatic hydroxyl groups is 1. The lowest BCUT2D eigenvalue weighted by molar-refractivity contribution is -0.0669. The van der Waals surface area contributed by atoms with Crippen LogP contribution in [-0.4, -0.2) is 34.6 Å². The van der Waals surface area contributed by atoms with E-state index in [1.54, 1.807) is 11.8 Å². The summed E-state index contributed by atoms with van der Waals surface area (Å²) in [5.41, 5.74) is 1.02. The van der Waals surface area contributed by atoms with Crippen LogP contribution in [0.3, 0.4) is 0 Å². The Morgan fingerprint density at radius 1 is 1.50 bits per heavy atom. The normalized spacial score (nSPS) is 18.1. The number of β-amino-alcohol motifs (C(OH)–C–C–N with tert-alkyl or cyclic N) is 1. The van der Waals surface area contributed by atoms with Gasteiger partial charge in [0.15, 0.2) is 0 Å². The Balaban J connectivity index is 2.19. The SMILES string of the molecule is Cc1ccc(I)cc1C(=O)N1CC(C)(O)C1. The molecule has 1 saturated heterocycles. The van der Waals surface area contributed by atoms with Crippen molar-refractivity contribution in [3.8, 4) is 0 Å². The molecule has 1 aliphatic heterocycles. The molecular weight excluding hydrogens is 317 g/mol. The molecule has 0 bridgehead atoms. The van der Waals surface area contributed by atoms with E-state index in [9.17, 15) is 9.90 Å². The van der Waals surface area contributed by atoms with Gasteiger partial charge in [-0.15, -0.1) is 0 Å². The van der Waals surface area contributed by atoms with Crippen LogP contribution in [0.15, 0.2) is 18.2 Å². The molecule has 0 radical (unpaired) electrons. The van der Waals surface area contributed by atoms with Crippen molar-refractivity contribution in [1.29, 1.82) is 0 Å². The molecule has 0 atom stereocenters. The largest absolute Gasteiger partial charge is 0.386 e. The van der Waals surface area contributed by atoms with Gasteiger partial charge < -0.3 is 10.0 Å². The maximum atomic E-state index is 12.1. The molecule has 3 nitrogen and oxygen atoms in total. The Hall–Kier alpha value is -0.620. The Morgan fingerprint density at radius 3 is 2.69 bits per heavy atom. The van der Waals surface area contributed by atoms with E-state index in [1.807, 2.05) is 25.1 Å². The molecule has 0 unspecified atom stereocenters. The Bertz CT molecular complexity index is 435. The zero-order chi connectivity index (χ0) is 11.9. The van der Waals surface area contributed by atoms with Gasteiger partial charge in [-0.05, 0) is 54.1 Å². The third kappa shape index (κ3) is 2.22. The highest BCUT2D eigenvalue weighted by Gasteiger charge is 2.39. The molecule has 0 aliphatic carbocycles. The first-order chi connectivity index (χ1) is 7.39. The van der Waals surface area contributed by atoms with Crippen LogP contribution in [-0.2, 0) is 0 Å². The van der Waals surface area contributed by atoms with E-state index in [2.05, 4.69) is 22.6 Å². The summed E-state index contributed by atoms with van der Waals surface area (Å²) < 4.78 is 1.05. The maximum Gasteiger partial charge on any atom is 0.254 e. The molecule has 1 N–H and O–H groups in total. The molecule has 1 fully saturated rings. The molecule has 0 aromatic heterocycles. The summed E-state index contributed by atoms with van der Waals surface area (Å²) in [6.45, 7) is 4.53. The highest BCUT2D eigenvalue weighted by molar-refractivity contribution is 14.1. The predicted octanol–water partition coefficient (Wildman–Crippen LogP) is 1.81. The predicted molar refractivity (Wildman–Crippen MR) is 70.4 cm³/mol. The van der Waals surface area contributed by atoms with Gasteiger partial charge in [0.2, 0.25) is 0 Å². The van der Waals surface area contributed by atoms with Crippen molar-refractivity contribution in [3.63, 3.8) is 0 Å². The number of carbonyl (C=O) groups is 1. The van der Waals surface area contributed by atoms with E-state index in [4.69, 9.17) is 0 Å². The van der Waals surface area contributed by atoms with Crippen LogP contribution in [0.25, 0.3) is 0 Å². The quantitative estimate of drug-likeness (QED) is 0.798. The van der Waals surface area contributed by atoms with Crippen molar-refractivity contribution in [2.75, 3.05) is 13.1 Å². The second-order valence-electron chi connectivity index (χ2n) is 4.62. The number of amides is 1. The summed E-state index contributed by atoms with van der Waals surface area (Å²) in [5.74, 6) is 0.0162. The van der Waals surface area contributed by atoms with Gasteiger partial charge in [-0.3, -0.25) is 4.79 Å². The molecule has 1 heterocycles. The molecule has 1 aromatic carbocycles. The number of nitrogens with zero attached hydrogens (tertiary/aromatic N) is 1. The van der Waals surface area contributed by atoms with Crippen LogP contribution in [0.4, 0.5) is 0 Å². The standard InChI is InChI=1S/C12H14INO2/c1-8-3-4-9(13)5-10(8)11(15)14-6-12(2,16)7-14/h3-5,16H,6-7H2,1-2H3. The molecule has 4 heteroatoms. The van der Waals surface area contributed by atoms with E-state index >= 15 is 0 Å². The van der Waals surface area contributed by atoms with Crippen LogP contribution in [0, 0.1) is 10.5 Å². The van der Waals surface area contributed by atoms with Gasteiger partial charge in [0.1, 0.15) is 0 Å². The Kier molecular flexibility index (Phi) is 2.96. The van der Waals surface area contributed by atoms with Gasteiger partial charge >= 0.3 is 0 Å². The number of rotatable bonds is 1.